The summed E-state index contributed by atoms with van der Waals surface area (Å²) >= 11 is 0. The number of benzene rings is 2. The van der Waals surface area contributed by atoms with Crippen molar-refractivity contribution < 1.29 is 28.2 Å². The second-order valence-corrected chi connectivity index (χ2v) is 7.53. The van der Waals surface area contributed by atoms with Crippen molar-refractivity contribution in [2.45, 2.75) is 44.1 Å². The molecule has 2 amide bonds. The van der Waals surface area contributed by atoms with E-state index in [1.54, 1.807) is 12.1 Å². The first-order valence-corrected chi connectivity index (χ1v) is 10.1. The first kappa shape index (κ1) is 20.5. The molecule has 2 heterocycles. The molecule has 4 rings (SSSR count). The van der Waals surface area contributed by atoms with Gasteiger partial charge in [0.15, 0.2) is 5.79 Å². The van der Waals surface area contributed by atoms with Crippen LogP contribution < -0.4 is 0 Å². The van der Waals surface area contributed by atoms with Gasteiger partial charge in [-0.3, -0.25) is 4.79 Å². The molecule has 0 aliphatic carbocycles. The maximum absolute atomic E-state index is 13.3. The van der Waals surface area contributed by atoms with Crippen LogP contribution in [0.15, 0.2) is 54.6 Å². The lowest BCUT2D eigenvalue weighted by Gasteiger charge is -2.28. The molecule has 158 valence electrons. The number of ether oxygens (including phenoxy) is 3. The summed E-state index contributed by atoms with van der Waals surface area (Å²) < 4.78 is 30.4. The highest BCUT2D eigenvalue weighted by molar-refractivity contribution is 5.93. The average Bonchev–Trinajstić information content (AvgIpc) is 3.34. The van der Waals surface area contributed by atoms with Crippen LogP contribution in [0.2, 0.25) is 0 Å². The van der Waals surface area contributed by atoms with Crippen molar-refractivity contribution in [3.63, 3.8) is 0 Å². The first-order chi connectivity index (χ1) is 14.5. The molecule has 0 bridgehead atoms. The minimum atomic E-state index is -0.988. The Morgan fingerprint density at radius 1 is 1.10 bits per heavy atom. The number of carbonyl (C=O) groups excluding carboxylic acids is 2. The van der Waals surface area contributed by atoms with E-state index in [1.165, 1.54) is 17.0 Å². The quantitative estimate of drug-likeness (QED) is 0.706. The summed E-state index contributed by atoms with van der Waals surface area (Å²) in [5.74, 6) is -1.62. The Balaban J connectivity index is 1.39. The summed E-state index contributed by atoms with van der Waals surface area (Å²) in [6, 6.07) is 15.0. The number of cyclic esters (lactones) is 1. The SMILES string of the molecule is C[C@H]1[C@@H](c2ccccc2)OC(=O)N1C(=O)CCCC1(c2ccc(F)cc2)OCCO1. The minimum absolute atomic E-state index is 0.149. The van der Waals surface area contributed by atoms with Crippen LogP contribution in [0, 0.1) is 5.82 Å². The fraction of sp³-hybridized carbons (Fsp3) is 0.391. The monoisotopic (exact) mass is 413 g/mol. The van der Waals surface area contributed by atoms with Crippen molar-refractivity contribution in [1.82, 2.24) is 4.90 Å². The van der Waals surface area contributed by atoms with Gasteiger partial charge in [-0.25, -0.2) is 14.1 Å². The molecule has 2 aromatic carbocycles. The van der Waals surface area contributed by atoms with Crippen LogP contribution in [-0.4, -0.2) is 36.2 Å². The Morgan fingerprint density at radius 3 is 2.43 bits per heavy atom. The van der Waals surface area contributed by atoms with Crippen LogP contribution in [0.5, 0.6) is 0 Å². The number of hydrogen-bond acceptors (Lipinski definition) is 5. The molecule has 0 radical (unpaired) electrons. The second-order valence-electron chi connectivity index (χ2n) is 7.53. The number of amides is 2. The third kappa shape index (κ3) is 3.95. The number of hydrogen-bond donors (Lipinski definition) is 0. The Bertz CT molecular complexity index is 896. The van der Waals surface area contributed by atoms with Crippen molar-refractivity contribution in [3.8, 4) is 0 Å². The lowest BCUT2D eigenvalue weighted by molar-refractivity contribution is -0.172. The van der Waals surface area contributed by atoms with E-state index in [0.29, 0.717) is 31.6 Å². The van der Waals surface area contributed by atoms with Gasteiger partial charge in [0, 0.05) is 18.4 Å². The lowest BCUT2D eigenvalue weighted by atomic mass is 9.99. The molecule has 30 heavy (non-hydrogen) atoms. The van der Waals surface area contributed by atoms with Gasteiger partial charge in [0.25, 0.3) is 0 Å². The van der Waals surface area contributed by atoms with Crippen molar-refractivity contribution in [1.29, 1.82) is 0 Å². The van der Waals surface area contributed by atoms with Crippen LogP contribution in [0.25, 0.3) is 0 Å². The third-order valence-corrected chi connectivity index (χ3v) is 5.60. The average molecular weight is 413 g/mol. The van der Waals surface area contributed by atoms with Gasteiger partial charge < -0.3 is 14.2 Å². The summed E-state index contributed by atoms with van der Waals surface area (Å²) in [5, 5.41) is 0. The molecule has 2 aliphatic rings. The fourth-order valence-electron chi connectivity index (χ4n) is 4.09. The Kier molecular flexibility index (Phi) is 5.83. The predicted octanol–water partition coefficient (Wildman–Crippen LogP) is 4.30. The summed E-state index contributed by atoms with van der Waals surface area (Å²) in [6.07, 6.45) is -0.0824. The Labute approximate surface area is 174 Å². The van der Waals surface area contributed by atoms with Gasteiger partial charge in [0.2, 0.25) is 5.91 Å². The highest BCUT2D eigenvalue weighted by Gasteiger charge is 2.43. The molecule has 0 unspecified atom stereocenters. The van der Waals surface area contributed by atoms with Crippen LogP contribution >= 0.6 is 0 Å². The molecular weight excluding hydrogens is 389 g/mol. The van der Waals surface area contributed by atoms with E-state index in [2.05, 4.69) is 0 Å². The largest absolute Gasteiger partial charge is 0.439 e. The van der Waals surface area contributed by atoms with Gasteiger partial charge >= 0.3 is 6.09 Å². The highest BCUT2D eigenvalue weighted by atomic mass is 19.1. The van der Waals surface area contributed by atoms with Crippen molar-refractivity contribution in [2.75, 3.05) is 13.2 Å². The molecule has 0 spiro atoms. The molecule has 2 atom stereocenters. The van der Waals surface area contributed by atoms with Crippen molar-refractivity contribution >= 4 is 12.0 Å². The van der Waals surface area contributed by atoms with Gasteiger partial charge in [0.1, 0.15) is 11.9 Å². The van der Waals surface area contributed by atoms with E-state index >= 15 is 0 Å². The van der Waals surface area contributed by atoms with E-state index < -0.39 is 24.0 Å². The first-order valence-electron chi connectivity index (χ1n) is 10.1. The smallest absolute Gasteiger partial charge is 0.417 e. The number of nitrogens with zero attached hydrogens (tertiary/aromatic N) is 1. The molecule has 0 saturated carbocycles. The number of carbonyl (C=O) groups is 2. The molecule has 0 aromatic heterocycles. The summed E-state index contributed by atoms with van der Waals surface area (Å²) in [6.45, 7) is 2.67. The van der Waals surface area contributed by atoms with Crippen molar-refractivity contribution in [2.24, 2.45) is 0 Å². The summed E-state index contributed by atoms with van der Waals surface area (Å²) in [4.78, 5) is 26.3. The van der Waals surface area contributed by atoms with Crippen molar-refractivity contribution in [3.05, 3.63) is 71.5 Å². The lowest BCUT2D eigenvalue weighted by Crippen LogP contribution is -2.38. The van der Waals surface area contributed by atoms with Gasteiger partial charge in [0.05, 0.1) is 19.3 Å². The Morgan fingerprint density at radius 2 is 1.77 bits per heavy atom. The maximum atomic E-state index is 13.3. The van der Waals surface area contributed by atoms with Gasteiger partial charge in [-0.05, 0) is 31.0 Å². The molecule has 2 saturated heterocycles. The van der Waals surface area contributed by atoms with Crippen LogP contribution in [0.3, 0.4) is 0 Å². The van der Waals surface area contributed by atoms with Crippen LogP contribution in [0.4, 0.5) is 9.18 Å². The third-order valence-electron chi connectivity index (χ3n) is 5.60. The molecule has 7 heteroatoms. The molecule has 6 nitrogen and oxygen atoms in total. The van der Waals surface area contributed by atoms with Gasteiger partial charge in [-0.1, -0.05) is 42.5 Å². The maximum Gasteiger partial charge on any atom is 0.417 e. The second kappa shape index (κ2) is 8.53. The molecule has 2 aliphatic heterocycles. The van der Waals surface area contributed by atoms with E-state index in [9.17, 15) is 14.0 Å². The summed E-state index contributed by atoms with van der Waals surface area (Å²) in [5.41, 5.74) is 1.57. The summed E-state index contributed by atoms with van der Waals surface area (Å²) in [7, 11) is 0. The normalized spacial score (nSPS) is 22.9. The minimum Gasteiger partial charge on any atom is -0.439 e. The zero-order valence-corrected chi connectivity index (χ0v) is 16.8. The van der Waals surface area contributed by atoms with E-state index in [-0.39, 0.29) is 18.1 Å². The predicted molar refractivity (Wildman–Crippen MR) is 106 cm³/mol. The standard InChI is InChI=1S/C23H24FNO5/c1-16-21(17-6-3-2-4-7-17)30-22(27)25(16)20(26)8-5-13-23(28-14-15-29-23)18-9-11-19(24)12-10-18/h2-4,6-7,9-12,16,21H,5,8,13-15H2,1H3/t16-,21-/m0/s1. The van der Waals surface area contributed by atoms with Gasteiger partial charge in [-0.2, -0.15) is 0 Å². The number of rotatable bonds is 6. The van der Waals surface area contributed by atoms with Crippen LogP contribution in [-0.2, 0) is 24.8 Å². The van der Waals surface area contributed by atoms with E-state index in [4.69, 9.17) is 14.2 Å². The zero-order chi connectivity index (χ0) is 21.1. The zero-order valence-electron chi connectivity index (χ0n) is 16.8. The fourth-order valence-corrected chi connectivity index (χ4v) is 4.09. The molecule has 2 fully saturated rings. The topological polar surface area (TPSA) is 65.1 Å². The molecule has 0 N–H and O–H groups in total. The van der Waals surface area contributed by atoms with Crippen LogP contribution in [0.1, 0.15) is 43.4 Å². The number of imide groups is 1. The van der Waals surface area contributed by atoms with E-state index in [0.717, 1.165) is 5.56 Å². The molecular formula is C23H24FNO5. The van der Waals surface area contributed by atoms with E-state index in [1.807, 2.05) is 37.3 Å². The molecule has 2 aromatic rings. The number of halogens is 1. The van der Waals surface area contributed by atoms with Gasteiger partial charge in [-0.15, -0.1) is 0 Å². The highest BCUT2D eigenvalue weighted by Crippen LogP contribution is 2.37. The Hall–Kier alpha value is -2.77.